The molecule has 2 aromatic rings. The monoisotopic (exact) mass is 394 g/mol. The average Bonchev–Trinajstić information content (AvgIpc) is 2.99. The molecule has 0 unspecified atom stereocenters. The SMILES string of the molecule is COc1ccc([C@@H]2C(C#N)=C(N)Oc3n[nH]c(C)c32)cc1COCC(F)(F)F. The second-order valence-electron chi connectivity index (χ2n) is 6.17. The van der Waals surface area contributed by atoms with Crippen LogP contribution in [0.25, 0.3) is 0 Å². The Labute approximate surface area is 158 Å². The first-order chi connectivity index (χ1) is 13.2. The Bertz CT molecular complexity index is 960. The van der Waals surface area contributed by atoms with Crippen LogP contribution in [0.1, 0.15) is 28.3 Å². The summed E-state index contributed by atoms with van der Waals surface area (Å²) < 4.78 is 52.6. The number of aromatic amines is 1. The number of alkyl halides is 3. The lowest BCUT2D eigenvalue weighted by molar-refractivity contribution is -0.176. The maximum atomic E-state index is 12.4. The molecule has 0 radical (unpaired) electrons. The molecule has 148 valence electrons. The van der Waals surface area contributed by atoms with Gasteiger partial charge in [-0.1, -0.05) is 6.07 Å². The largest absolute Gasteiger partial charge is 0.496 e. The number of nitrogens with one attached hydrogen (secondary N) is 1. The van der Waals surface area contributed by atoms with E-state index in [0.717, 1.165) is 0 Å². The predicted molar refractivity (Wildman–Crippen MR) is 91.3 cm³/mol. The topological polar surface area (TPSA) is 106 Å². The smallest absolute Gasteiger partial charge is 0.411 e. The van der Waals surface area contributed by atoms with Crippen molar-refractivity contribution in [2.75, 3.05) is 13.7 Å². The molecule has 1 atom stereocenters. The first-order valence-electron chi connectivity index (χ1n) is 8.19. The highest BCUT2D eigenvalue weighted by Gasteiger charge is 2.34. The first kappa shape index (κ1) is 19.6. The quantitative estimate of drug-likeness (QED) is 0.808. The summed E-state index contributed by atoms with van der Waals surface area (Å²) in [7, 11) is 1.41. The minimum Gasteiger partial charge on any atom is -0.496 e. The summed E-state index contributed by atoms with van der Waals surface area (Å²) in [6, 6.07) is 7.00. The van der Waals surface area contributed by atoms with E-state index in [4.69, 9.17) is 19.9 Å². The van der Waals surface area contributed by atoms with E-state index in [1.807, 2.05) is 6.07 Å². The zero-order valence-electron chi connectivity index (χ0n) is 15.1. The van der Waals surface area contributed by atoms with Crippen molar-refractivity contribution in [2.24, 2.45) is 5.73 Å². The van der Waals surface area contributed by atoms with Crippen LogP contribution in [0.5, 0.6) is 11.6 Å². The standard InChI is InChI=1S/C18H17F3N4O3/c1-9-14-15(12(6-22)16(23)28-17(14)25-24-9)10-3-4-13(26-2)11(5-10)7-27-8-18(19,20)21/h3-5,15H,7-8,23H2,1-2H3,(H,24,25)/t15-/m1/s1. The number of hydrogen-bond donors (Lipinski definition) is 2. The fourth-order valence-corrected chi connectivity index (χ4v) is 3.10. The van der Waals surface area contributed by atoms with E-state index in [9.17, 15) is 18.4 Å². The third-order valence-corrected chi connectivity index (χ3v) is 4.29. The van der Waals surface area contributed by atoms with Crippen molar-refractivity contribution in [3.63, 3.8) is 0 Å². The van der Waals surface area contributed by atoms with E-state index in [1.165, 1.54) is 7.11 Å². The van der Waals surface area contributed by atoms with Crippen LogP contribution in [-0.2, 0) is 11.3 Å². The highest BCUT2D eigenvalue weighted by Crippen LogP contribution is 2.43. The number of nitrogens with two attached hydrogens (primary N) is 1. The fraction of sp³-hybridized carbons (Fsp3) is 0.333. The minimum atomic E-state index is -4.43. The predicted octanol–water partition coefficient (Wildman–Crippen LogP) is 3.02. The van der Waals surface area contributed by atoms with Crippen LogP contribution < -0.4 is 15.2 Å². The molecule has 1 aromatic carbocycles. The lowest BCUT2D eigenvalue weighted by Crippen LogP contribution is -2.21. The number of rotatable bonds is 5. The van der Waals surface area contributed by atoms with Crippen molar-refractivity contribution in [2.45, 2.75) is 25.6 Å². The maximum Gasteiger partial charge on any atom is 0.411 e. The first-order valence-corrected chi connectivity index (χ1v) is 8.19. The van der Waals surface area contributed by atoms with Crippen molar-refractivity contribution in [3.8, 4) is 17.7 Å². The molecular weight excluding hydrogens is 377 g/mol. The van der Waals surface area contributed by atoms with Gasteiger partial charge in [0.25, 0.3) is 0 Å². The van der Waals surface area contributed by atoms with Crippen LogP contribution in [0.2, 0.25) is 0 Å². The van der Waals surface area contributed by atoms with Gasteiger partial charge in [-0.25, -0.2) is 0 Å². The molecule has 2 heterocycles. The summed E-state index contributed by atoms with van der Waals surface area (Å²) in [6.07, 6.45) is -4.43. The fourth-order valence-electron chi connectivity index (χ4n) is 3.10. The van der Waals surface area contributed by atoms with Crippen LogP contribution in [0, 0.1) is 18.3 Å². The Balaban J connectivity index is 2.02. The van der Waals surface area contributed by atoms with Gasteiger partial charge in [0, 0.05) is 16.8 Å². The van der Waals surface area contributed by atoms with Gasteiger partial charge in [-0.15, -0.1) is 5.10 Å². The van der Waals surface area contributed by atoms with E-state index in [2.05, 4.69) is 10.2 Å². The normalized spacial score (nSPS) is 16.4. The van der Waals surface area contributed by atoms with Gasteiger partial charge in [-0.05, 0) is 24.6 Å². The van der Waals surface area contributed by atoms with E-state index in [0.29, 0.717) is 28.1 Å². The number of benzene rings is 1. The number of aromatic nitrogens is 2. The van der Waals surface area contributed by atoms with Gasteiger partial charge in [0.15, 0.2) is 0 Å². The van der Waals surface area contributed by atoms with Crippen LogP contribution in [0.3, 0.4) is 0 Å². The molecule has 1 aromatic heterocycles. The number of halogens is 3. The number of allylic oxidation sites excluding steroid dienone is 1. The third-order valence-electron chi connectivity index (χ3n) is 4.29. The second-order valence-corrected chi connectivity index (χ2v) is 6.17. The molecule has 0 saturated heterocycles. The number of methoxy groups -OCH3 is 1. The van der Waals surface area contributed by atoms with Gasteiger partial charge >= 0.3 is 6.18 Å². The van der Waals surface area contributed by atoms with Crippen molar-refractivity contribution < 1.29 is 27.4 Å². The molecule has 10 heteroatoms. The second kappa shape index (κ2) is 7.44. The molecule has 0 aliphatic carbocycles. The molecule has 0 bridgehead atoms. The van der Waals surface area contributed by atoms with Crippen molar-refractivity contribution in [1.82, 2.24) is 10.2 Å². The highest BCUT2D eigenvalue weighted by molar-refractivity contribution is 5.56. The van der Waals surface area contributed by atoms with E-state index in [1.54, 1.807) is 25.1 Å². The van der Waals surface area contributed by atoms with E-state index in [-0.39, 0.29) is 23.9 Å². The summed E-state index contributed by atoms with van der Waals surface area (Å²) in [5.41, 5.74) is 8.41. The molecule has 7 nitrogen and oxygen atoms in total. The average molecular weight is 394 g/mol. The van der Waals surface area contributed by atoms with Crippen LogP contribution in [0.15, 0.2) is 29.7 Å². The van der Waals surface area contributed by atoms with E-state index < -0.39 is 18.7 Å². The summed E-state index contributed by atoms with van der Waals surface area (Å²) in [5.74, 6) is -0.0285. The lowest BCUT2D eigenvalue weighted by Gasteiger charge is -2.24. The van der Waals surface area contributed by atoms with Crippen molar-refractivity contribution in [1.29, 1.82) is 5.26 Å². The van der Waals surface area contributed by atoms with Crippen LogP contribution in [-0.4, -0.2) is 30.1 Å². The summed E-state index contributed by atoms with van der Waals surface area (Å²) in [4.78, 5) is 0. The van der Waals surface area contributed by atoms with Gasteiger partial charge in [0.1, 0.15) is 24.0 Å². The Morgan fingerprint density at radius 2 is 2.14 bits per heavy atom. The highest BCUT2D eigenvalue weighted by atomic mass is 19.4. The zero-order chi connectivity index (χ0) is 20.5. The van der Waals surface area contributed by atoms with Crippen molar-refractivity contribution >= 4 is 0 Å². The van der Waals surface area contributed by atoms with Crippen LogP contribution >= 0.6 is 0 Å². The van der Waals surface area contributed by atoms with Crippen molar-refractivity contribution in [3.05, 3.63) is 52.0 Å². The Morgan fingerprint density at radius 3 is 2.79 bits per heavy atom. The lowest BCUT2D eigenvalue weighted by atomic mass is 9.83. The van der Waals surface area contributed by atoms with Gasteiger partial charge in [-0.2, -0.15) is 18.4 Å². The Hall–Kier alpha value is -3.19. The molecular formula is C18H17F3N4O3. The Kier molecular flexibility index (Phi) is 5.20. The molecule has 28 heavy (non-hydrogen) atoms. The minimum absolute atomic E-state index is 0.0720. The number of ether oxygens (including phenoxy) is 3. The van der Waals surface area contributed by atoms with Crippen LogP contribution in [0.4, 0.5) is 13.2 Å². The Morgan fingerprint density at radius 1 is 1.39 bits per heavy atom. The van der Waals surface area contributed by atoms with Gasteiger partial charge < -0.3 is 19.9 Å². The molecule has 0 spiro atoms. The summed E-state index contributed by atoms with van der Waals surface area (Å²) in [6.45, 7) is 0.0898. The van der Waals surface area contributed by atoms with Gasteiger partial charge in [0.2, 0.25) is 11.8 Å². The maximum absolute atomic E-state index is 12.4. The summed E-state index contributed by atoms with van der Waals surface area (Å²) in [5, 5.41) is 16.4. The summed E-state index contributed by atoms with van der Waals surface area (Å²) >= 11 is 0. The number of nitrogens with zero attached hydrogens (tertiary/aromatic N) is 2. The number of aryl methyl sites for hydroxylation is 1. The van der Waals surface area contributed by atoms with E-state index >= 15 is 0 Å². The molecule has 0 amide bonds. The number of H-pyrrole nitrogens is 1. The molecule has 3 rings (SSSR count). The molecule has 1 aliphatic rings. The van der Waals surface area contributed by atoms with Gasteiger partial charge in [0.05, 0.1) is 19.6 Å². The van der Waals surface area contributed by atoms with Gasteiger partial charge in [-0.3, -0.25) is 5.10 Å². The third kappa shape index (κ3) is 3.75. The molecule has 3 N–H and O–H groups in total. The molecule has 0 saturated carbocycles. The molecule has 0 fully saturated rings. The molecule has 1 aliphatic heterocycles. The number of hydrogen-bond acceptors (Lipinski definition) is 6. The zero-order valence-corrected chi connectivity index (χ0v) is 15.1. The number of nitriles is 1. The number of fused-ring (bicyclic) bond motifs is 1.